The number of esters is 1. The fourth-order valence-corrected chi connectivity index (χ4v) is 3.82. The normalized spacial score (nSPS) is 11.3. The van der Waals surface area contributed by atoms with E-state index in [1.54, 1.807) is 18.2 Å². The molecule has 0 aliphatic rings. The first kappa shape index (κ1) is 23.4. The van der Waals surface area contributed by atoms with E-state index in [0.29, 0.717) is 39.1 Å². The van der Waals surface area contributed by atoms with E-state index in [4.69, 9.17) is 30.2 Å². The van der Waals surface area contributed by atoms with Crippen molar-refractivity contribution in [3.63, 3.8) is 0 Å². The van der Waals surface area contributed by atoms with Gasteiger partial charge in [-0.25, -0.2) is 9.59 Å². The van der Waals surface area contributed by atoms with Crippen molar-refractivity contribution >= 4 is 34.6 Å². The highest BCUT2D eigenvalue weighted by Crippen LogP contribution is 2.36. The number of hydrogen-bond acceptors (Lipinski definition) is 6. The fraction of sp³-hybridized carbons (Fsp3) is 0.280. The molecule has 0 bridgehead atoms. The number of methoxy groups -OCH3 is 2. The molecule has 2 aromatic carbocycles. The molecule has 0 spiro atoms. The number of carbonyl (C=O) groups excluding carboxylic acids is 1. The van der Waals surface area contributed by atoms with Gasteiger partial charge < -0.3 is 18.6 Å². The van der Waals surface area contributed by atoms with Crippen molar-refractivity contribution in [2.75, 3.05) is 14.2 Å². The van der Waals surface area contributed by atoms with E-state index in [0.717, 1.165) is 16.5 Å². The van der Waals surface area contributed by atoms with Crippen molar-refractivity contribution in [3.05, 3.63) is 74.1 Å². The van der Waals surface area contributed by atoms with Gasteiger partial charge in [0.2, 0.25) is 0 Å². The summed E-state index contributed by atoms with van der Waals surface area (Å²) in [6.07, 6.45) is 2.85. The maximum Gasteiger partial charge on any atom is 0.336 e. The lowest BCUT2D eigenvalue weighted by Crippen LogP contribution is -2.06. The number of fused-ring (bicyclic) bond motifs is 1. The van der Waals surface area contributed by atoms with E-state index in [2.05, 4.69) is 13.8 Å². The Kier molecular flexibility index (Phi) is 7.26. The highest BCUT2D eigenvalue weighted by Gasteiger charge is 2.13. The van der Waals surface area contributed by atoms with Crippen LogP contribution in [0.2, 0.25) is 5.02 Å². The van der Waals surface area contributed by atoms with E-state index in [-0.39, 0.29) is 6.61 Å². The number of aryl methyl sites for hydroxylation is 1. The summed E-state index contributed by atoms with van der Waals surface area (Å²) < 4.78 is 21.2. The number of rotatable bonds is 7. The average Bonchev–Trinajstić information content (AvgIpc) is 2.74. The van der Waals surface area contributed by atoms with Crippen molar-refractivity contribution < 1.29 is 23.4 Å². The topological polar surface area (TPSA) is 75.0 Å². The number of hydrogen-bond donors (Lipinski definition) is 0. The molecule has 0 aliphatic carbocycles. The van der Waals surface area contributed by atoms with Gasteiger partial charge in [0.15, 0.2) is 11.5 Å². The summed E-state index contributed by atoms with van der Waals surface area (Å²) in [5.74, 6) is 0.609. The Hall–Kier alpha value is -3.25. The zero-order valence-electron chi connectivity index (χ0n) is 18.7. The second-order valence-electron chi connectivity index (χ2n) is 7.63. The highest BCUT2D eigenvalue weighted by molar-refractivity contribution is 6.32. The SMILES string of the molecule is COc1cc(C=CC(=O)OCc2cc(=O)oc3cc(C)c(C(C)C)cc23)cc(Cl)c1OC. The largest absolute Gasteiger partial charge is 0.493 e. The first-order chi connectivity index (χ1) is 15.2. The van der Waals surface area contributed by atoms with Gasteiger partial charge in [0, 0.05) is 23.1 Å². The molecule has 0 unspecified atom stereocenters. The summed E-state index contributed by atoms with van der Waals surface area (Å²) in [4.78, 5) is 24.3. The van der Waals surface area contributed by atoms with Gasteiger partial charge >= 0.3 is 11.6 Å². The standard InChI is InChI=1S/C25H25ClO6/c1-14(2)18-12-19-17(11-24(28)32-21(19)8-15(18)3)13-31-23(27)7-6-16-9-20(26)25(30-5)22(10-16)29-4/h6-12,14H,13H2,1-5H3. The smallest absolute Gasteiger partial charge is 0.336 e. The average molecular weight is 457 g/mol. The molecule has 6 nitrogen and oxygen atoms in total. The van der Waals surface area contributed by atoms with Gasteiger partial charge in [0.25, 0.3) is 0 Å². The lowest BCUT2D eigenvalue weighted by Gasteiger charge is -2.13. The Balaban J connectivity index is 1.81. The van der Waals surface area contributed by atoms with Crippen LogP contribution in [0.3, 0.4) is 0 Å². The van der Waals surface area contributed by atoms with Crippen LogP contribution in [0.1, 0.15) is 42.0 Å². The van der Waals surface area contributed by atoms with Crippen LogP contribution in [0.15, 0.2) is 45.6 Å². The van der Waals surface area contributed by atoms with E-state index >= 15 is 0 Å². The Labute approximate surface area is 191 Å². The van der Waals surface area contributed by atoms with Crippen LogP contribution in [0.5, 0.6) is 11.5 Å². The molecule has 7 heteroatoms. The molecular weight excluding hydrogens is 432 g/mol. The summed E-state index contributed by atoms with van der Waals surface area (Å²) in [6, 6.07) is 8.53. The summed E-state index contributed by atoms with van der Waals surface area (Å²) in [5, 5.41) is 1.11. The maximum absolute atomic E-state index is 12.3. The van der Waals surface area contributed by atoms with Gasteiger partial charge in [0.05, 0.1) is 19.2 Å². The summed E-state index contributed by atoms with van der Waals surface area (Å²) in [7, 11) is 3.00. The Morgan fingerprint density at radius 2 is 1.88 bits per heavy atom. The van der Waals surface area contributed by atoms with Crippen LogP contribution in [0.25, 0.3) is 17.0 Å². The number of ether oxygens (including phenoxy) is 3. The quantitative estimate of drug-likeness (QED) is 0.260. The zero-order chi connectivity index (χ0) is 23.4. The molecule has 0 atom stereocenters. The molecule has 32 heavy (non-hydrogen) atoms. The van der Waals surface area contributed by atoms with Crippen LogP contribution in [-0.4, -0.2) is 20.2 Å². The molecule has 168 valence electrons. The van der Waals surface area contributed by atoms with Crippen LogP contribution in [0, 0.1) is 6.92 Å². The van der Waals surface area contributed by atoms with Crippen molar-refractivity contribution in [1.82, 2.24) is 0 Å². The molecular formula is C25H25ClO6. The monoisotopic (exact) mass is 456 g/mol. The maximum atomic E-state index is 12.3. The Morgan fingerprint density at radius 3 is 2.53 bits per heavy atom. The first-order valence-electron chi connectivity index (χ1n) is 10.1. The van der Waals surface area contributed by atoms with Crippen molar-refractivity contribution in [2.45, 2.75) is 33.3 Å². The molecule has 0 saturated carbocycles. The molecule has 0 saturated heterocycles. The molecule has 3 aromatic rings. The lowest BCUT2D eigenvalue weighted by atomic mass is 9.95. The molecule has 0 N–H and O–H groups in total. The van der Waals surface area contributed by atoms with Gasteiger partial charge in [-0.2, -0.15) is 0 Å². The summed E-state index contributed by atoms with van der Waals surface area (Å²) in [6.45, 7) is 6.11. The van der Waals surface area contributed by atoms with E-state index in [1.165, 1.54) is 26.4 Å². The Morgan fingerprint density at radius 1 is 1.12 bits per heavy atom. The second kappa shape index (κ2) is 9.92. The second-order valence-corrected chi connectivity index (χ2v) is 8.04. The van der Waals surface area contributed by atoms with E-state index in [1.807, 2.05) is 19.1 Å². The van der Waals surface area contributed by atoms with Crippen LogP contribution >= 0.6 is 11.6 Å². The Bertz CT molecular complexity index is 1240. The van der Waals surface area contributed by atoms with Crippen molar-refractivity contribution in [1.29, 1.82) is 0 Å². The third-order valence-corrected chi connectivity index (χ3v) is 5.36. The number of benzene rings is 2. The van der Waals surface area contributed by atoms with Gasteiger partial charge in [-0.3, -0.25) is 0 Å². The summed E-state index contributed by atoms with van der Waals surface area (Å²) >= 11 is 6.19. The molecule has 0 aliphatic heterocycles. The molecule has 0 radical (unpaired) electrons. The van der Waals surface area contributed by atoms with Gasteiger partial charge in [-0.15, -0.1) is 0 Å². The predicted molar refractivity (Wildman–Crippen MR) is 125 cm³/mol. The summed E-state index contributed by atoms with van der Waals surface area (Å²) in [5.41, 5.74) is 3.41. The van der Waals surface area contributed by atoms with E-state index in [9.17, 15) is 9.59 Å². The molecule has 3 rings (SSSR count). The zero-order valence-corrected chi connectivity index (χ0v) is 19.4. The fourth-order valence-electron chi connectivity index (χ4n) is 3.53. The van der Waals surface area contributed by atoms with Gasteiger partial charge in [-0.05, 0) is 59.9 Å². The first-order valence-corrected chi connectivity index (χ1v) is 10.4. The lowest BCUT2D eigenvalue weighted by molar-refractivity contribution is -0.138. The highest BCUT2D eigenvalue weighted by atomic mass is 35.5. The number of carbonyl (C=O) groups is 1. The van der Waals surface area contributed by atoms with E-state index < -0.39 is 11.6 Å². The molecule has 1 heterocycles. The van der Waals surface area contributed by atoms with Crippen molar-refractivity contribution in [2.24, 2.45) is 0 Å². The molecule has 1 aromatic heterocycles. The number of halogens is 1. The molecule has 0 amide bonds. The predicted octanol–water partition coefficient (Wildman–Crippen LogP) is 5.65. The molecule has 0 fully saturated rings. The minimum Gasteiger partial charge on any atom is -0.493 e. The van der Waals surface area contributed by atoms with Crippen molar-refractivity contribution in [3.8, 4) is 11.5 Å². The van der Waals surface area contributed by atoms with Crippen LogP contribution in [0.4, 0.5) is 0 Å². The minimum absolute atomic E-state index is 0.0570. The minimum atomic E-state index is -0.562. The van der Waals surface area contributed by atoms with Crippen LogP contribution < -0.4 is 15.1 Å². The third-order valence-electron chi connectivity index (χ3n) is 5.08. The van der Waals surface area contributed by atoms with Gasteiger partial charge in [0.1, 0.15) is 12.2 Å². The van der Waals surface area contributed by atoms with Crippen LogP contribution in [-0.2, 0) is 16.1 Å². The third kappa shape index (κ3) is 5.14. The van der Waals surface area contributed by atoms with Gasteiger partial charge in [-0.1, -0.05) is 25.4 Å².